The van der Waals surface area contributed by atoms with Crippen molar-refractivity contribution in [2.75, 3.05) is 26.0 Å². The molecule has 2 rings (SSSR count). The third-order valence-corrected chi connectivity index (χ3v) is 3.43. The molecule has 0 heterocycles. The zero-order valence-electron chi connectivity index (χ0n) is 13.0. The first-order valence-electron chi connectivity index (χ1n) is 7.10. The average molecular weight is 335 g/mol. The van der Waals surface area contributed by atoms with E-state index in [9.17, 15) is 9.90 Å². The normalized spacial score (nSPS) is 11.7. The van der Waals surface area contributed by atoms with Gasteiger partial charge >= 0.3 is 6.03 Å². The van der Waals surface area contributed by atoms with Crippen LogP contribution in [-0.2, 0) is 0 Å². The summed E-state index contributed by atoms with van der Waals surface area (Å²) in [7, 11) is 3.34. The molecule has 122 valence electrons. The van der Waals surface area contributed by atoms with E-state index in [4.69, 9.17) is 16.3 Å². The lowest BCUT2D eigenvalue weighted by atomic mass is 10.1. The van der Waals surface area contributed by atoms with Crippen LogP contribution in [0.4, 0.5) is 10.5 Å². The summed E-state index contributed by atoms with van der Waals surface area (Å²) in [6.07, 6.45) is -0.736. The minimum Gasteiger partial charge on any atom is -0.491 e. The molecule has 0 saturated carbocycles. The summed E-state index contributed by atoms with van der Waals surface area (Å²) in [6, 6.07) is 13.7. The topological polar surface area (TPSA) is 61.8 Å². The van der Waals surface area contributed by atoms with Crippen LogP contribution in [0.5, 0.6) is 5.75 Å². The number of aliphatic hydroxyl groups is 1. The molecule has 1 atom stereocenters. The zero-order valence-corrected chi connectivity index (χ0v) is 13.7. The highest BCUT2D eigenvalue weighted by atomic mass is 35.5. The fraction of sp³-hybridized carbons (Fsp3) is 0.235. The van der Waals surface area contributed by atoms with Gasteiger partial charge in [-0.15, -0.1) is 0 Å². The van der Waals surface area contributed by atoms with Gasteiger partial charge in [0.15, 0.2) is 0 Å². The van der Waals surface area contributed by atoms with Crippen molar-refractivity contribution in [3.8, 4) is 5.75 Å². The number of halogens is 1. The van der Waals surface area contributed by atoms with Crippen LogP contribution in [0.1, 0.15) is 11.7 Å². The summed E-state index contributed by atoms with van der Waals surface area (Å²) in [5.74, 6) is 0.612. The molecule has 5 nitrogen and oxygen atoms in total. The van der Waals surface area contributed by atoms with E-state index in [2.05, 4.69) is 5.32 Å². The van der Waals surface area contributed by atoms with E-state index in [0.717, 1.165) is 5.56 Å². The lowest BCUT2D eigenvalue weighted by Gasteiger charge is -2.14. The Morgan fingerprint density at radius 2 is 1.78 bits per heavy atom. The number of amides is 2. The lowest BCUT2D eigenvalue weighted by Crippen LogP contribution is -2.27. The molecule has 0 aliphatic carbocycles. The maximum atomic E-state index is 11.5. The van der Waals surface area contributed by atoms with E-state index in [0.29, 0.717) is 16.5 Å². The molecule has 6 heteroatoms. The first kappa shape index (κ1) is 17.1. The molecule has 0 fully saturated rings. The van der Waals surface area contributed by atoms with E-state index in [-0.39, 0.29) is 12.6 Å². The Bertz CT molecular complexity index is 642. The highest BCUT2D eigenvalue weighted by molar-refractivity contribution is 6.30. The van der Waals surface area contributed by atoms with Gasteiger partial charge in [-0.3, -0.25) is 0 Å². The molecule has 1 unspecified atom stereocenters. The highest BCUT2D eigenvalue weighted by Crippen LogP contribution is 2.20. The molecule has 0 aliphatic heterocycles. The fourth-order valence-electron chi connectivity index (χ4n) is 1.83. The van der Waals surface area contributed by atoms with Gasteiger partial charge in [0.1, 0.15) is 18.5 Å². The van der Waals surface area contributed by atoms with Gasteiger partial charge < -0.3 is 20.1 Å². The van der Waals surface area contributed by atoms with Crippen molar-refractivity contribution < 1.29 is 14.6 Å². The monoisotopic (exact) mass is 334 g/mol. The first-order valence-corrected chi connectivity index (χ1v) is 7.48. The minimum absolute atomic E-state index is 0.130. The molecule has 0 aromatic heterocycles. The van der Waals surface area contributed by atoms with Crippen LogP contribution in [0.3, 0.4) is 0 Å². The number of nitrogens with zero attached hydrogens (tertiary/aromatic N) is 1. The van der Waals surface area contributed by atoms with Crippen molar-refractivity contribution in [2.45, 2.75) is 6.10 Å². The van der Waals surface area contributed by atoms with Crippen molar-refractivity contribution in [1.82, 2.24) is 4.90 Å². The van der Waals surface area contributed by atoms with E-state index in [1.807, 2.05) is 0 Å². The Labute approximate surface area is 140 Å². The van der Waals surface area contributed by atoms with Gasteiger partial charge in [0.25, 0.3) is 0 Å². The van der Waals surface area contributed by atoms with Crippen molar-refractivity contribution in [3.05, 3.63) is 59.1 Å². The van der Waals surface area contributed by atoms with E-state index in [1.165, 1.54) is 4.90 Å². The SMILES string of the molecule is CN(C)C(=O)Nc1ccc(OCC(O)c2ccc(Cl)cc2)cc1. The van der Waals surface area contributed by atoms with E-state index >= 15 is 0 Å². The minimum atomic E-state index is -0.736. The standard InChI is InChI=1S/C17H19ClN2O3/c1-20(2)17(22)19-14-7-9-15(10-8-14)23-11-16(21)12-3-5-13(18)6-4-12/h3-10,16,21H,11H2,1-2H3,(H,19,22). The van der Waals surface area contributed by atoms with Gasteiger partial charge in [-0.25, -0.2) is 4.79 Å². The molecule has 2 amide bonds. The van der Waals surface area contributed by atoms with Crippen LogP contribution in [0, 0.1) is 0 Å². The molecule has 0 radical (unpaired) electrons. The molecule has 2 aromatic carbocycles. The summed E-state index contributed by atoms with van der Waals surface area (Å²) in [5, 5.41) is 13.4. The van der Waals surface area contributed by atoms with Gasteiger partial charge in [-0.1, -0.05) is 23.7 Å². The summed E-state index contributed by atoms with van der Waals surface area (Å²) < 4.78 is 5.55. The van der Waals surface area contributed by atoms with Crippen molar-refractivity contribution in [1.29, 1.82) is 0 Å². The number of carbonyl (C=O) groups is 1. The van der Waals surface area contributed by atoms with Crippen LogP contribution in [0.2, 0.25) is 5.02 Å². The smallest absolute Gasteiger partial charge is 0.321 e. The van der Waals surface area contributed by atoms with Gasteiger partial charge in [0, 0.05) is 24.8 Å². The summed E-state index contributed by atoms with van der Waals surface area (Å²) in [4.78, 5) is 13.0. The number of urea groups is 1. The van der Waals surface area contributed by atoms with Crippen LogP contribution in [-0.4, -0.2) is 36.7 Å². The van der Waals surface area contributed by atoms with Crippen molar-refractivity contribution >= 4 is 23.3 Å². The third-order valence-electron chi connectivity index (χ3n) is 3.17. The van der Waals surface area contributed by atoms with Gasteiger partial charge in [-0.05, 0) is 42.0 Å². The Balaban J connectivity index is 1.88. The number of benzene rings is 2. The maximum absolute atomic E-state index is 11.5. The fourth-order valence-corrected chi connectivity index (χ4v) is 1.95. The summed E-state index contributed by atoms with van der Waals surface area (Å²) in [6.45, 7) is 0.130. The number of nitrogens with one attached hydrogen (secondary N) is 1. The van der Waals surface area contributed by atoms with Gasteiger partial charge in [0.2, 0.25) is 0 Å². The largest absolute Gasteiger partial charge is 0.491 e. The molecule has 0 spiro atoms. The Morgan fingerprint density at radius 3 is 2.35 bits per heavy atom. The number of carbonyl (C=O) groups excluding carboxylic acids is 1. The van der Waals surface area contributed by atoms with Crippen molar-refractivity contribution in [3.63, 3.8) is 0 Å². The molecule has 0 bridgehead atoms. The molecule has 2 aromatic rings. The molecule has 0 saturated heterocycles. The maximum Gasteiger partial charge on any atom is 0.321 e. The van der Waals surface area contributed by atoms with E-state index in [1.54, 1.807) is 62.6 Å². The predicted molar refractivity (Wildman–Crippen MR) is 91.1 cm³/mol. The van der Waals surface area contributed by atoms with Crippen molar-refractivity contribution in [2.24, 2.45) is 0 Å². The number of rotatable bonds is 5. The Hall–Kier alpha value is -2.24. The quantitative estimate of drug-likeness (QED) is 0.879. The Kier molecular flexibility index (Phi) is 5.84. The lowest BCUT2D eigenvalue weighted by molar-refractivity contribution is 0.108. The third kappa shape index (κ3) is 5.16. The average Bonchev–Trinajstić information content (AvgIpc) is 2.54. The summed E-state index contributed by atoms with van der Waals surface area (Å²) in [5.41, 5.74) is 1.42. The van der Waals surface area contributed by atoms with Crippen LogP contribution < -0.4 is 10.1 Å². The second kappa shape index (κ2) is 7.85. The number of anilines is 1. The van der Waals surface area contributed by atoms with Gasteiger partial charge in [-0.2, -0.15) is 0 Å². The van der Waals surface area contributed by atoms with E-state index < -0.39 is 6.10 Å². The van der Waals surface area contributed by atoms with Gasteiger partial charge in [0.05, 0.1) is 0 Å². The number of ether oxygens (including phenoxy) is 1. The Morgan fingerprint density at radius 1 is 1.17 bits per heavy atom. The second-order valence-electron chi connectivity index (χ2n) is 5.23. The number of hydrogen-bond acceptors (Lipinski definition) is 3. The second-order valence-corrected chi connectivity index (χ2v) is 5.66. The first-order chi connectivity index (χ1) is 11.0. The van der Waals surface area contributed by atoms with Crippen LogP contribution in [0.25, 0.3) is 0 Å². The zero-order chi connectivity index (χ0) is 16.8. The summed E-state index contributed by atoms with van der Waals surface area (Å²) >= 11 is 5.81. The predicted octanol–water partition coefficient (Wildman–Crippen LogP) is 3.55. The molecular weight excluding hydrogens is 316 g/mol. The number of aliphatic hydroxyl groups excluding tert-OH is 1. The molecular formula is C17H19ClN2O3. The molecule has 2 N–H and O–H groups in total. The molecule has 0 aliphatic rings. The molecule has 23 heavy (non-hydrogen) atoms. The number of hydrogen-bond donors (Lipinski definition) is 2. The van der Waals surface area contributed by atoms with Crippen LogP contribution in [0.15, 0.2) is 48.5 Å². The van der Waals surface area contributed by atoms with Crippen LogP contribution >= 0.6 is 11.6 Å². The highest BCUT2D eigenvalue weighted by Gasteiger charge is 2.09.